The summed E-state index contributed by atoms with van der Waals surface area (Å²) in [7, 11) is 1.65. The molecule has 164 valence electrons. The number of benzene rings is 3. The second-order valence-corrected chi connectivity index (χ2v) is 7.99. The number of ether oxygens (including phenoxy) is 1. The van der Waals surface area contributed by atoms with Crippen molar-refractivity contribution in [1.29, 1.82) is 0 Å². The predicted molar refractivity (Wildman–Crippen MR) is 132 cm³/mol. The first-order chi connectivity index (χ1) is 16.2. The third-order valence-electron chi connectivity index (χ3n) is 5.47. The highest BCUT2D eigenvalue weighted by Crippen LogP contribution is 2.24. The van der Waals surface area contributed by atoms with Gasteiger partial charge in [-0.1, -0.05) is 66.7 Å². The molecule has 0 aliphatic carbocycles. The van der Waals surface area contributed by atoms with Gasteiger partial charge in [0, 0.05) is 6.54 Å². The maximum atomic E-state index is 6.25. The van der Waals surface area contributed by atoms with E-state index in [4.69, 9.17) is 16.3 Å². The van der Waals surface area contributed by atoms with E-state index in [-0.39, 0.29) is 5.28 Å². The quantitative estimate of drug-likeness (QED) is 0.313. The monoisotopic (exact) mass is 455 g/mol. The van der Waals surface area contributed by atoms with E-state index >= 15 is 0 Å². The van der Waals surface area contributed by atoms with Gasteiger partial charge in [0.05, 0.1) is 20.0 Å². The Kier molecular flexibility index (Phi) is 5.91. The molecular formula is C26H22ClN5O. The van der Waals surface area contributed by atoms with Gasteiger partial charge in [0.15, 0.2) is 17.0 Å². The zero-order chi connectivity index (χ0) is 22.6. The first kappa shape index (κ1) is 21.0. The minimum Gasteiger partial charge on any atom is -0.497 e. The first-order valence-electron chi connectivity index (χ1n) is 10.6. The van der Waals surface area contributed by atoms with Crippen molar-refractivity contribution in [2.45, 2.75) is 13.1 Å². The van der Waals surface area contributed by atoms with Gasteiger partial charge in [-0.15, -0.1) is 0 Å². The summed E-state index contributed by atoms with van der Waals surface area (Å²) < 4.78 is 7.20. The van der Waals surface area contributed by atoms with Gasteiger partial charge in [-0.3, -0.25) is 0 Å². The second kappa shape index (κ2) is 9.30. The number of hydrogen-bond donors (Lipinski definition) is 1. The van der Waals surface area contributed by atoms with Crippen molar-refractivity contribution in [2.24, 2.45) is 0 Å². The van der Waals surface area contributed by atoms with Crippen molar-refractivity contribution < 1.29 is 4.74 Å². The highest BCUT2D eigenvalue weighted by molar-refractivity contribution is 6.28. The SMILES string of the molecule is COc1ccc(CNc2nc(Cl)nc3c2ncn3Cc2ccc(-c3ccccc3)cc2)cc1. The van der Waals surface area contributed by atoms with Crippen molar-refractivity contribution in [3.63, 3.8) is 0 Å². The standard InChI is InChI=1S/C26H22ClN5O/c1-33-22-13-9-18(10-14-22)15-28-24-23-25(31-26(27)30-24)32(17-29-23)16-19-7-11-21(12-8-19)20-5-3-2-4-6-20/h2-14,17H,15-16H2,1H3,(H,28,30,31). The third kappa shape index (κ3) is 4.66. The summed E-state index contributed by atoms with van der Waals surface area (Å²) in [4.78, 5) is 13.3. The highest BCUT2D eigenvalue weighted by Gasteiger charge is 2.13. The number of imidazole rings is 1. The fraction of sp³-hybridized carbons (Fsp3) is 0.115. The Balaban J connectivity index is 1.36. The molecule has 0 fully saturated rings. The fourth-order valence-electron chi connectivity index (χ4n) is 3.72. The molecule has 5 aromatic rings. The molecule has 0 aliphatic rings. The molecule has 5 rings (SSSR count). The Morgan fingerprint density at radius 3 is 2.27 bits per heavy atom. The molecule has 33 heavy (non-hydrogen) atoms. The maximum Gasteiger partial charge on any atom is 0.226 e. The van der Waals surface area contributed by atoms with Gasteiger partial charge < -0.3 is 14.6 Å². The number of nitrogens with one attached hydrogen (secondary N) is 1. The van der Waals surface area contributed by atoms with E-state index in [0.29, 0.717) is 30.1 Å². The normalized spacial score (nSPS) is 11.0. The van der Waals surface area contributed by atoms with Crippen LogP contribution in [0.2, 0.25) is 5.28 Å². The van der Waals surface area contributed by atoms with Crippen LogP contribution in [0.5, 0.6) is 5.75 Å². The molecule has 0 saturated heterocycles. The molecule has 3 aromatic carbocycles. The van der Waals surface area contributed by atoms with Crippen LogP contribution in [0.25, 0.3) is 22.3 Å². The van der Waals surface area contributed by atoms with Gasteiger partial charge in [-0.05, 0) is 46.0 Å². The van der Waals surface area contributed by atoms with Crippen LogP contribution in [0.4, 0.5) is 5.82 Å². The van der Waals surface area contributed by atoms with Crippen LogP contribution in [0, 0.1) is 0 Å². The van der Waals surface area contributed by atoms with Gasteiger partial charge in [0.1, 0.15) is 5.75 Å². The molecule has 0 saturated carbocycles. The van der Waals surface area contributed by atoms with Crippen molar-refractivity contribution in [3.8, 4) is 16.9 Å². The van der Waals surface area contributed by atoms with Gasteiger partial charge in [-0.25, -0.2) is 4.98 Å². The summed E-state index contributed by atoms with van der Waals surface area (Å²) in [6.07, 6.45) is 1.78. The molecule has 0 amide bonds. The number of nitrogens with zero attached hydrogens (tertiary/aromatic N) is 4. The zero-order valence-electron chi connectivity index (χ0n) is 18.1. The predicted octanol–water partition coefficient (Wildman–Crippen LogP) is 5.82. The van der Waals surface area contributed by atoms with Gasteiger partial charge in [0.25, 0.3) is 0 Å². The summed E-state index contributed by atoms with van der Waals surface area (Å²) in [5.41, 5.74) is 6.01. The molecule has 6 nitrogen and oxygen atoms in total. The number of aromatic nitrogens is 4. The summed E-state index contributed by atoms with van der Waals surface area (Å²) in [5.74, 6) is 1.43. The summed E-state index contributed by atoms with van der Waals surface area (Å²) >= 11 is 6.25. The van der Waals surface area contributed by atoms with E-state index in [1.54, 1.807) is 13.4 Å². The lowest BCUT2D eigenvalue weighted by molar-refractivity contribution is 0.414. The van der Waals surface area contributed by atoms with Gasteiger partial charge in [-0.2, -0.15) is 9.97 Å². The average molecular weight is 456 g/mol. The van der Waals surface area contributed by atoms with E-state index in [9.17, 15) is 0 Å². The van der Waals surface area contributed by atoms with Crippen molar-refractivity contribution >= 4 is 28.6 Å². The number of fused-ring (bicyclic) bond motifs is 1. The molecule has 0 spiro atoms. The molecule has 0 atom stereocenters. The third-order valence-corrected chi connectivity index (χ3v) is 5.64. The molecule has 0 unspecified atom stereocenters. The first-order valence-corrected chi connectivity index (χ1v) is 11.0. The molecular weight excluding hydrogens is 434 g/mol. The second-order valence-electron chi connectivity index (χ2n) is 7.65. The number of hydrogen-bond acceptors (Lipinski definition) is 5. The number of rotatable bonds is 7. The number of halogens is 1. The molecule has 1 N–H and O–H groups in total. The van der Waals surface area contributed by atoms with Crippen LogP contribution in [0.15, 0.2) is 85.2 Å². The minimum atomic E-state index is 0.181. The Morgan fingerprint density at radius 2 is 1.55 bits per heavy atom. The average Bonchev–Trinajstić information content (AvgIpc) is 3.26. The summed E-state index contributed by atoms with van der Waals surface area (Å²) in [6, 6.07) is 26.7. The molecule has 2 heterocycles. The molecule has 2 aromatic heterocycles. The Labute approximate surface area is 196 Å². The molecule has 0 radical (unpaired) electrons. The number of methoxy groups -OCH3 is 1. The van der Waals surface area contributed by atoms with E-state index in [0.717, 1.165) is 16.9 Å². The Bertz CT molecular complexity index is 1370. The summed E-state index contributed by atoms with van der Waals surface area (Å²) in [6.45, 7) is 1.22. The lowest BCUT2D eigenvalue weighted by Crippen LogP contribution is -2.05. The van der Waals surface area contributed by atoms with Crippen molar-refractivity contribution in [2.75, 3.05) is 12.4 Å². The lowest BCUT2D eigenvalue weighted by atomic mass is 10.0. The molecule has 0 aliphatic heterocycles. The minimum absolute atomic E-state index is 0.181. The molecule has 0 bridgehead atoms. The Hall–Kier alpha value is -3.90. The van der Waals surface area contributed by atoms with Gasteiger partial charge in [0.2, 0.25) is 5.28 Å². The van der Waals surface area contributed by atoms with Crippen LogP contribution in [0.1, 0.15) is 11.1 Å². The smallest absolute Gasteiger partial charge is 0.226 e. The number of anilines is 1. The summed E-state index contributed by atoms with van der Waals surface area (Å²) in [5, 5.41) is 3.51. The van der Waals surface area contributed by atoms with Crippen molar-refractivity contribution in [3.05, 3.63) is 102 Å². The fourth-order valence-corrected chi connectivity index (χ4v) is 3.88. The van der Waals surface area contributed by atoms with E-state index in [2.05, 4.69) is 56.7 Å². The van der Waals surface area contributed by atoms with Gasteiger partial charge >= 0.3 is 0 Å². The topological polar surface area (TPSA) is 64.9 Å². The van der Waals surface area contributed by atoms with Crippen LogP contribution in [-0.4, -0.2) is 26.6 Å². The lowest BCUT2D eigenvalue weighted by Gasteiger charge is -2.09. The van der Waals surface area contributed by atoms with E-state index < -0.39 is 0 Å². The largest absolute Gasteiger partial charge is 0.497 e. The molecule has 7 heteroatoms. The van der Waals surface area contributed by atoms with Crippen molar-refractivity contribution in [1.82, 2.24) is 19.5 Å². The van der Waals surface area contributed by atoms with Crippen LogP contribution >= 0.6 is 11.6 Å². The highest BCUT2D eigenvalue weighted by atomic mass is 35.5. The van der Waals surface area contributed by atoms with Crippen LogP contribution < -0.4 is 10.1 Å². The maximum absolute atomic E-state index is 6.25. The Morgan fingerprint density at radius 1 is 0.848 bits per heavy atom. The van der Waals surface area contributed by atoms with E-state index in [1.807, 2.05) is 47.0 Å². The zero-order valence-corrected chi connectivity index (χ0v) is 18.8. The van der Waals surface area contributed by atoms with E-state index in [1.165, 1.54) is 11.1 Å². The van der Waals surface area contributed by atoms with Crippen LogP contribution in [0.3, 0.4) is 0 Å². The van der Waals surface area contributed by atoms with Crippen LogP contribution in [-0.2, 0) is 13.1 Å².